The monoisotopic (exact) mass is 597 g/mol. The van der Waals surface area contributed by atoms with E-state index in [1.165, 1.54) is 28.2 Å². The van der Waals surface area contributed by atoms with E-state index in [4.69, 9.17) is 4.74 Å². The van der Waals surface area contributed by atoms with E-state index >= 15 is 0 Å². The van der Waals surface area contributed by atoms with Gasteiger partial charge in [-0.25, -0.2) is 4.79 Å². The molecular formula is C24H25Br2NO3S2. The molecule has 3 aliphatic rings. The quantitative estimate of drug-likeness (QED) is 0.349. The molecule has 0 spiro atoms. The van der Waals surface area contributed by atoms with Gasteiger partial charge in [-0.15, -0.1) is 22.7 Å². The van der Waals surface area contributed by atoms with Gasteiger partial charge in [-0.1, -0.05) is 40.2 Å². The summed E-state index contributed by atoms with van der Waals surface area (Å²) in [5, 5.41) is 15.3. The number of benzene rings is 1. The van der Waals surface area contributed by atoms with Crippen LogP contribution in [0.3, 0.4) is 0 Å². The zero-order valence-electron chi connectivity index (χ0n) is 17.5. The third-order valence-electron chi connectivity index (χ3n) is 6.76. The van der Waals surface area contributed by atoms with Gasteiger partial charge in [0.1, 0.15) is 13.1 Å². The highest BCUT2D eigenvalue weighted by Crippen LogP contribution is 2.41. The molecule has 8 heteroatoms. The molecule has 0 amide bonds. The van der Waals surface area contributed by atoms with Crippen LogP contribution in [0.15, 0.2) is 63.8 Å². The molecule has 170 valence electrons. The topological polar surface area (TPSA) is 46.5 Å². The fourth-order valence-corrected chi connectivity index (χ4v) is 7.27. The predicted octanol–water partition coefficient (Wildman–Crippen LogP) is 2.16. The first-order valence-electron chi connectivity index (χ1n) is 10.6. The molecule has 0 saturated carbocycles. The summed E-state index contributed by atoms with van der Waals surface area (Å²) in [6, 6.07) is 15.8. The summed E-state index contributed by atoms with van der Waals surface area (Å²) in [4.78, 5) is 14.7. The molecule has 3 saturated heterocycles. The van der Waals surface area contributed by atoms with E-state index in [0.29, 0.717) is 15.7 Å². The molecule has 0 unspecified atom stereocenters. The van der Waals surface area contributed by atoms with Crippen LogP contribution in [0.1, 0.15) is 28.2 Å². The molecular weight excluding hydrogens is 574 g/mol. The van der Waals surface area contributed by atoms with Gasteiger partial charge in [0.15, 0.2) is 6.10 Å². The Bertz CT molecular complexity index is 1010. The number of piperidine rings is 3. The standard InChI is InChI=1S/C24H25BrNO3S2.BrH/c25-19-5-1-4-17(14-19)15-26-10-8-18(9-11-26)20(16-26)29-23(27)24(28,21-6-2-12-30-21)22-7-3-13-31-22;/h1-7,12-14,18,20,28H,8-11,15-16H2;1H/q+1;/p-1/t18?,20-,26?;/m0./s1. The first-order chi connectivity index (χ1) is 15.0. The smallest absolute Gasteiger partial charge is 0.349 e. The van der Waals surface area contributed by atoms with Gasteiger partial charge in [0, 0.05) is 28.8 Å². The molecule has 3 fully saturated rings. The van der Waals surface area contributed by atoms with Crippen molar-refractivity contribution in [1.29, 1.82) is 0 Å². The summed E-state index contributed by atoms with van der Waals surface area (Å²) in [5.74, 6) is -0.167. The Kier molecular flexibility index (Phi) is 7.29. The number of halogens is 2. The number of fused-ring (bicyclic) bond motifs is 3. The molecule has 3 aliphatic heterocycles. The summed E-state index contributed by atoms with van der Waals surface area (Å²) in [7, 11) is 0. The van der Waals surface area contributed by atoms with Crippen LogP contribution in [0.4, 0.5) is 0 Å². The Balaban J connectivity index is 0.00000245. The molecule has 4 nitrogen and oxygen atoms in total. The summed E-state index contributed by atoms with van der Waals surface area (Å²) < 4.78 is 8.16. The van der Waals surface area contributed by atoms with Crippen molar-refractivity contribution in [2.24, 2.45) is 5.92 Å². The highest BCUT2D eigenvalue weighted by molar-refractivity contribution is 9.10. The van der Waals surface area contributed by atoms with Crippen molar-refractivity contribution in [2.75, 3.05) is 19.6 Å². The summed E-state index contributed by atoms with van der Waals surface area (Å²) in [6.45, 7) is 3.99. The van der Waals surface area contributed by atoms with Gasteiger partial charge in [0.05, 0.1) is 22.8 Å². The van der Waals surface area contributed by atoms with Gasteiger partial charge in [-0.2, -0.15) is 0 Å². The van der Waals surface area contributed by atoms with Crippen molar-refractivity contribution in [3.8, 4) is 0 Å². The van der Waals surface area contributed by atoms with Crippen molar-refractivity contribution < 1.29 is 36.1 Å². The van der Waals surface area contributed by atoms with Crippen LogP contribution in [-0.2, 0) is 21.7 Å². The van der Waals surface area contributed by atoms with Crippen LogP contribution in [0.5, 0.6) is 0 Å². The second-order valence-electron chi connectivity index (χ2n) is 8.71. The SMILES string of the molecule is O=C(O[C@H]1C[N+]2(Cc3cccc(Br)c3)CCC1CC2)C(O)(c1cccs1)c1cccs1.[Br-]. The van der Waals surface area contributed by atoms with E-state index in [0.717, 1.165) is 48.0 Å². The minimum absolute atomic E-state index is 0. The number of ether oxygens (including phenoxy) is 1. The van der Waals surface area contributed by atoms with E-state index < -0.39 is 11.6 Å². The van der Waals surface area contributed by atoms with E-state index in [9.17, 15) is 9.90 Å². The number of esters is 1. The maximum Gasteiger partial charge on any atom is 0.349 e. The van der Waals surface area contributed by atoms with Crippen LogP contribution in [0.2, 0.25) is 0 Å². The van der Waals surface area contributed by atoms with Crippen molar-refractivity contribution in [3.05, 3.63) is 79.1 Å². The maximum atomic E-state index is 13.4. The molecule has 0 aliphatic carbocycles. The number of nitrogens with zero attached hydrogens (tertiary/aromatic N) is 1. The van der Waals surface area contributed by atoms with E-state index in [1.54, 1.807) is 0 Å². The lowest BCUT2D eigenvalue weighted by molar-refractivity contribution is -0.958. The van der Waals surface area contributed by atoms with Gasteiger partial charge in [-0.3, -0.25) is 0 Å². The Morgan fingerprint density at radius 2 is 1.75 bits per heavy atom. The van der Waals surface area contributed by atoms with E-state index in [-0.39, 0.29) is 23.1 Å². The molecule has 1 N–H and O–H groups in total. The average molecular weight is 599 g/mol. The lowest BCUT2D eigenvalue weighted by Gasteiger charge is -2.52. The van der Waals surface area contributed by atoms with Crippen molar-refractivity contribution in [2.45, 2.75) is 31.1 Å². The largest absolute Gasteiger partial charge is 1.00 e. The highest BCUT2D eigenvalue weighted by atomic mass is 79.9. The van der Waals surface area contributed by atoms with Crippen LogP contribution < -0.4 is 17.0 Å². The third kappa shape index (κ3) is 4.50. The Labute approximate surface area is 215 Å². The molecule has 6 rings (SSSR count). The molecule has 3 aromatic rings. The molecule has 5 heterocycles. The third-order valence-corrected chi connectivity index (χ3v) is 9.21. The van der Waals surface area contributed by atoms with Crippen LogP contribution in [0.25, 0.3) is 0 Å². The lowest BCUT2D eigenvalue weighted by atomic mass is 9.82. The number of carbonyl (C=O) groups is 1. The lowest BCUT2D eigenvalue weighted by Crippen LogP contribution is -3.00. The second-order valence-corrected chi connectivity index (χ2v) is 11.5. The van der Waals surface area contributed by atoms with Crippen LogP contribution in [0, 0.1) is 5.92 Å². The number of hydrogen-bond donors (Lipinski definition) is 1. The van der Waals surface area contributed by atoms with Gasteiger partial charge in [0.25, 0.3) is 0 Å². The van der Waals surface area contributed by atoms with Crippen LogP contribution in [-0.4, -0.2) is 41.3 Å². The molecule has 0 radical (unpaired) electrons. The molecule has 1 aromatic carbocycles. The van der Waals surface area contributed by atoms with Gasteiger partial charge in [0.2, 0.25) is 5.60 Å². The van der Waals surface area contributed by atoms with E-state index in [1.807, 2.05) is 41.1 Å². The number of rotatable bonds is 6. The van der Waals surface area contributed by atoms with Crippen molar-refractivity contribution in [3.63, 3.8) is 0 Å². The molecule has 1 atom stereocenters. The van der Waals surface area contributed by atoms with Crippen molar-refractivity contribution >= 4 is 44.6 Å². The zero-order chi connectivity index (χ0) is 21.5. The Hall–Kier alpha value is -1.03. The Morgan fingerprint density at radius 3 is 2.31 bits per heavy atom. The summed E-state index contributed by atoms with van der Waals surface area (Å²) >= 11 is 6.35. The fourth-order valence-electron chi connectivity index (χ4n) is 5.11. The average Bonchev–Trinajstić information content (AvgIpc) is 3.48. The van der Waals surface area contributed by atoms with E-state index in [2.05, 4.69) is 34.1 Å². The van der Waals surface area contributed by atoms with Crippen molar-refractivity contribution in [1.82, 2.24) is 0 Å². The Morgan fingerprint density at radius 1 is 1.09 bits per heavy atom. The highest BCUT2D eigenvalue weighted by Gasteiger charge is 2.51. The van der Waals surface area contributed by atoms with Crippen LogP contribution >= 0.6 is 38.6 Å². The minimum Gasteiger partial charge on any atom is -1.00 e. The second kappa shape index (κ2) is 9.68. The fraction of sp³-hybridized carbons (Fsp3) is 0.375. The predicted molar refractivity (Wildman–Crippen MR) is 127 cm³/mol. The maximum absolute atomic E-state index is 13.4. The number of hydrogen-bond acceptors (Lipinski definition) is 5. The number of carbonyl (C=O) groups excluding carboxylic acids is 1. The number of quaternary nitrogens is 1. The van der Waals surface area contributed by atoms with Gasteiger partial charge in [-0.05, 0) is 35.0 Å². The minimum atomic E-state index is -1.73. The van der Waals surface area contributed by atoms with Gasteiger partial charge < -0.3 is 31.3 Å². The molecule has 32 heavy (non-hydrogen) atoms. The summed E-state index contributed by atoms with van der Waals surface area (Å²) in [6.07, 6.45) is 1.96. The normalized spacial score (nSPS) is 24.7. The molecule has 2 bridgehead atoms. The number of aliphatic hydroxyl groups is 1. The number of thiophene rings is 2. The zero-order valence-corrected chi connectivity index (χ0v) is 22.3. The molecule has 2 aromatic heterocycles. The summed E-state index contributed by atoms with van der Waals surface area (Å²) in [5.41, 5.74) is -0.433. The van der Waals surface area contributed by atoms with Gasteiger partial charge >= 0.3 is 5.97 Å². The first-order valence-corrected chi connectivity index (χ1v) is 13.1. The first kappa shape index (κ1) is 24.1.